The third kappa shape index (κ3) is 23.6. The van der Waals surface area contributed by atoms with Gasteiger partial charge in [-0.05, 0) is 25.8 Å². The lowest BCUT2D eigenvalue weighted by molar-refractivity contribution is -0.216. The molecule has 0 radical (unpaired) electrons. The van der Waals surface area contributed by atoms with Crippen molar-refractivity contribution in [2.24, 2.45) is 5.73 Å². The number of carbonyl (C=O) groups excluding carboxylic acids is 2. The number of hydrogen-bond acceptors (Lipinski definition) is 14. The number of unbranched alkanes of at least 4 members (excludes halogenated alkanes) is 17. The van der Waals surface area contributed by atoms with Gasteiger partial charge in [0.15, 0.2) is 6.10 Å². The molecule has 1 fully saturated rings. The van der Waals surface area contributed by atoms with Crippen LogP contribution in [-0.2, 0) is 41.8 Å². The standard InChI is InChI=1S/C34H67NO16P2/c1-2-3-4-5-6-7-8-9-10-11-12-16-19-22-28(37)49-26(24-47-27(36)21-18-15-13-14-17-20-23-35)25-48-53(45,46)51-34-31(40)29(38)33(30(39)32(34)41)50-52(42,43)44/h26,29-34,38-41H,2-25,35H2,1H3,(H,45,46)(H2,42,43,44)/t26-,29-,30+,31?,32-,33?,34?/m1/s1. The van der Waals surface area contributed by atoms with Gasteiger partial charge in [-0.2, -0.15) is 0 Å². The zero-order chi connectivity index (χ0) is 39.7. The van der Waals surface area contributed by atoms with E-state index in [2.05, 4.69) is 11.4 Å². The van der Waals surface area contributed by atoms with E-state index in [9.17, 15) is 44.0 Å². The maximum absolute atomic E-state index is 12.8. The normalized spacial score (nSPS) is 23.7. The number of phosphoric ester groups is 2. The zero-order valence-corrected chi connectivity index (χ0v) is 33.1. The van der Waals surface area contributed by atoms with E-state index in [1.807, 2.05) is 0 Å². The predicted octanol–water partition coefficient (Wildman–Crippen LogP) is 4.05. The summed E-state index contributed by atoms with van der Waals surface area (Å²) in [5, 5.41) is 41.2. The molecule has 0 bridgehead atoms. The number of hydrogen-bond donors (Lipinski definition) is 8. The van der Waals surface area contributed by atoms with Crippen molar-refractivity contribution in [1.29, 1.82) is 0 Å². The predicted molar refractivity (Wildman–Crippen MR) is 194 cm³/mol. The van der Waals surface area contributed by atoms with Gasteiger partial charge in [0.1, 0.15) is 43.2 Å². The van der Waals surface area contributed by atoms with E-state index >= 15 is 0 Å². The molecule has 1 aliphatic rings. The van der Waals surface area contributed by atoms with Crippen molar-refractivity contribution in [1.82, 2.24) is 0 Å². The molecule has 19 heteroatoms. The van der Waals surface area contributed by atoms with Gasteiger partial charge in [-0.25, -0.2) is 9.13 Å². The van der Waals surface area contributed by atoms with Crippen LogP contribution in [0, 0.1) is 0 Å². The monoisotopic (exact) mass is 807 g/mol. The van der Waals surface area contributed by atoms with Crippen molar-refractivity contribution < 1.29 is 76.9 Å². The van der Waals surface area contributed by atoms with Gasteiger partial charge in [0.25, 0.3) is 0 Å². The molecular formula is C34H67NO16P2. The molecule has 1 rings (SSSR count). The number of rotatable bonds is 32. The van der Waals surface area contributed by atoms with Gasteiger partial charge in [0.05, 0.1) is 6.61 Å². The van der Waals surface area contributed by atoms with Crippen LogP contribution in [0.25, 0.3) is 0 Å². The summed E-state index contributed by atoms with van der Waals surface area (Å²) in [4.78, 5) is 53.4. The smallest absolute Gasteiger partial charge is 0.462 e. The Kier molecular flexibility index (Phi) is 26.8. The van der Waals surface area contributed by atoms with Gasteiger partial charge in [0.2, 0.25) is 0 Å². The summed E-state index contributed by atoms with van der Waals surface area (Å²) < 4.78 is 48.7. The Morgan fingerprint density at radius 3 is 1.42 bits per heavy atom. The van der Waals surface area contributed by atoms with Crippen LogP contribution in [0.1, 0.15) is 142 Å². The van der Waals surface area contributed by atoms with E-state index in [1.165, 1.54) is 51.4 Å². The lowest BCUT2D eigenvalue weighted by Gasteiger charge is -2.43. The van der Waals surface area contributed by atoms with Crippen LogP contribution < -0.4 is 5.73 Å². The molecule has 0 aliphatic heterocycles. The largest absolute Gasteiger partial charge is 0.472 e. The second kappa shape index (κ2) is 28.4. The van der Waals surface area contributed by atoms with Crippen molar-refractivity contribution in [3.8, 4) is 0 Å². The van der Waals surface area contributed by atoms with Crippen LogP contribution in [0.4, 0.5) is 0 Å². The molecule has 9 N–H and O–H groups in total. The number of esters is 2. The molecule has 0 aromatic carbocycles. The van der Waals surface area contributed by atoms with Gasteiger partial charge in [0, 0.05) is 12.8 Å². The first kappa shape index (κ1) is 50.0. The first-order chi connectivity index (χ1) is 25.1. The fraction of sp³-hybridized carbons (Fsp3) is 0.941. The van der Waals surface area contributed by atoms with Crippen LogP contribution in [0.5, 0.6) is 0 Å². The highest BCUT2D eigenvalue weighted by Gasteiger charge is 2.54. The molecule has 0 spiro atoms. The zero-order valence-electron chi connectivity index (χ0n) is 31.3. The summed E-state index contributed by atoms with van der Waals surface area (Å²) in [7, 11) is -10.6. The van der Waals surface area contributed by atoms with Crippen molar-refractivity contribution in [2.75, 3.05) is 19.8 Å². The molecule has 4 unspecified atom stereocenters. The SMILES string of the molecule is CCCCCCCCCCCCCCCC(=O)O[C@H](COC(=O)CCCCCCCCN)COP(=O)(O)OC1C(O)[C@@H](O)C(OP(=O)(O)O)[C@@H](O)[C@H]1O. The molecular weight excluding hydrogens is 740 g/mol. The minimum Gasteiger partial charge on any atom is -0.462 e. The van der Waals surface area contributed by atoms with E-state index in [-0.39, 0.29) is 12.8 Å². The third-order valence-electron chi connectivity index (χ3n) is 9.03. The first-order valence-electron chi connectivity index (χ1n) is 19.3. The second-order valence-electron chi connectivity index (χ2n) is 13.8. The molecule has 0 aromatic heterocycles. The van der Waals surface area contributed by atoms with Crippen molar-refractivity contribution in [2.45, 2.75) is 184 Å². The molecule has 53 heavy (non-hydrogen) atoms. The minimum absolute atomic E-state index is 0.0493. The average Bonchev–Trinajstić information content (AvgIpc) is 3.10. The molecule has 1 aliphatic carbocycles. The second-order valence-corrected chi connectivity index (χ2v) is 16.4. The molecule has 0 heterocycles. The lowest BCUT2D eigenvalue weighted by Crippen LogP contribution is -2.64. The van der Waals surface area contributed by atoms with Crippen LogP contribution >= 0.6 is 15.6 Å². The minimum atomic E-state index is -5.30. The maximum Gasteiger partial charge on any atom is 0.472 e. The molecule has 8 atom stereocenters. The van der Waals surface area contributed by atoms with Gasteiger partial charge in [-0.15, -0.1) is 0 Å². The molecule has 0 amide bonds. The van der Waals surface area contributed by atoms with Gasteiger partial charge in [-0.1, -0.05) is 110 Å². The van der Waals surface area contributed by atoms with Crippen LogP contribution in [0.15, 0.2) is 0 Å². The summed E-state index contributed by atoms with van der Waals surface area (Å²) in [6.07, 6.45) is 5.26. The molecule has 0 saturated heterocycles. The summed E-state index contributed by atoms with van der Waals surface area (Å²) in [6.45, 7) is 1.51. The number of aliphatic hydroxyl groups is 4. The Labute approximate surface area is 314 Å². The third-order valence-corrected chi connectivity index (χ3v) is 10.5. The number of carbonyl (C=O) groups is 2. The van der Waals surface area contributed by atoms with E-state index in [0.717, 1.165) is 57.8 Å². The van der Waals surface area contributed by atoms with E-state index in [1.54, 1.807) is 0 Å². The fourth-order valence-corrected chi connectivity index (χ4v) is 7.52. The van der Waals surface area contributed by atoms with Crippen LogP contribution in [-0.4, -0.2) is 110 Å². The van der Waals surface area contributed by atoms with Crippen LogP contribution in [0.3, 0.4) is 0 Å². The fourth-order valence-electron chi connectivity index (χ4n) is 5.98. The number of ether oxygens (including phenoxy) is 2. The highest BCUT2D eigenvalue weighted by atomic mass is 31.2. The Hall–Kier alpha value is -1.04. The molecule has 314 valence electrons. The number of phosphoric acid groups is 2. The summed E-state index contributed by atoms with van der Waals surface area (Å²) in [6, 6.07) is 0. The average molecular weight is 808 g/mol. The summed E-state index contributed by atoms with van der Waals surface area (Å²) in [5.41, 5.74) is 5.50. The Morgan fingerprint density at radius 1 is 0.585 bits per heavy atom. The Morgan fingerprint density at radius 2 is 0.981 bits per heavy atom. The number of nitrogens with two attached hydrogens (primary N) is 1. The quantitative estimate of drug-likeness (QED) is 0.0270. The van der Waals surface area contributed by atoms with Gasteiger partial charge < -0.3 is 50.3 Å². The summed E-state index contributed by atoms with van der Waals surface area (Å²) in [5.74, 6) is -1.22. The van der Waals surface area contributed by atoms with Crippen LogP contribution in [0.2, 0.25) is 0 Å². The van der Waals surface area contributed by atoms with E-state index in [0.29, 0.717) is 19.4 Å². The lowest BCUT2D eigenvalue weighted by atomic mass is 9.85. The van der Waals surface area contributed by atoms with Crippen molar-refractivity contribution >= 4 is 27.6 Å². The van der Waals surface area contributed by atoms with Crippen molar-refractivity contribution in [3.05, 3.63) is 0 Å². The van der Waals surface area contributed by atoms with E-state index < -0.39 is 83.5 Å². The Balaban J connectivity index is 2.65. The topological polar surface area (TPSA) is 282 Å². The first-order valence-corrected chi connectivity index (χ1v) is 22.3. The van der Waals surface area contributed by atoms with Gasteiger partial charge >= 0.3 is 27.6 Å². The molecule has 17 nitrogen and oxygen atoms in total. The highest BCUT2D eigenvalue weighted by molar-refractivity contribution is 7.47. The highest BCUT2D eigenvalue weighted by Crippen LogP contribution is 2.48. The number of aliphatic hydroxyl groups excluding tert-OH is 4. The maximum atomic E-state index is 12.8. The Bertz CT molecular complexity index is 1070. The van der Waals surface area contributed by atoms with Gasteiger partial charge in [-0.3, -0.25) is 23.2 Å². The molecule has 1 saturated carbocycles. The molecule has 0 aromatic rings. The van der Waals surface area contributed by atoms with Crippen molar-refractivity contribution in [3.63, 3.8) is 0 Å². The van der Waals surface area contributed by atoms with E-state index in [4.69, 9.17) is 34.0 Å². The summed E-state index contributed by atoms with van der Waals surface area (Å²) >= 11 is 0.